The second kappa shape index (κ2) is 6.87. The molecular formula is C14H8Cl4O4S. The number of esters is 1. The molecule has 0 bridgehead atoms. The number of sulfone groups is 1. The van der Waals surface area contributed by atoms with E-state index in [1.54, 1.807) is 0 Å². The van der Waals surface area contributed by atoms with Gasteiger partial charge in [0.25, 0.3) is 0 Å². The number of hydrogen-bond donors (Lipinski definition) is 0. The van der Waals surface area contributed by atoms with E-state index in [1.807, 2.05) is 0 Å². The van der Waals surface area contributed by atoms with Crippen molar-refractivity contribution in [1.29, 1.82) is 0 Å². The van der Waals surface area contributed by atoms with Crippen molar-refractivity contribution >= 4 is 62.2 Å². The molecule has 23 heavy (non-hydrogen) atoms. The van der Waals surface area contributed by atoms with Gasteiger partial charge < -0.3 is 4.74 Å². The summed E-state index contributed by atoms with van der Waals surface area (Å²) in [7, 11) is -3.59. The number of ether oxygens (including phenoxy) is 1. The van der Waals surface area contributed by atoms with Crippen LogP contribution in [-0.4, -0.2) is 20.6 Å². The molecule has 2 aromatic rings. The van der Waals surface area contributed by atoms with Gasteiger partial charge in [-0.3, -0.25) is 0 Å². The SMILES string of the molecule is CS(=O)(=O)c1cc(C(=O)Oc2c(Cl)cc(Cl)cc2Cl)ccc1Cl. The number of carbonyl (C=O) groups is 1. The Morgan fingerprint density at radius 2 is 1.52 bits per heavy atom. The van der Waals surface area contributed by atoms with Gasteiger partial charge in [0.15, 0.2) is 15.6 Å². The van der Waals surface area contributed by atoms with E-state index in [9.17, 15) is 13.2 Å². The average Bonchev–Trinajstić information content (AvgIpc) is 2.41. The summed E-state index contributed by atoms with van der Waals surface area (Å²) in [6.45, 7) is 0. The molecule has 0 fully saturated rings. The minimum Gasteiger partial charge on any atom is -0.420 e. The Labute approximate surface area is 152 Å². The van der Waals surface area contributed by atoms with E-state index < -0.39 is 15.8 Å². The molecule has 0 amide bonds. The van der Waals surface area contributed by atoms with Crippen LogP contribution in [0.5, 0.6) is 5.75 Å². The summed E-state index contributed by atoms with van der Waals surface area (Å²) in [6, 6.07) is 6.47. The Morgan fingerprint density at radius 3 is 2.04 bits per heavy atom. The first-order valence-electron chi connectivity index (χ1n) is 5.96. The second-order valence-electron chi connectivity index (χ2n) is 4.51. The van der Waals surface area contributed by atoms with Gasteiger partial charge in [-0.05, 0) is 30.3 Å². The lowest BCUT2D eigenvalue weighted by atomic mass is 10.2. The third kappa shape index (κ3) is 4.31. The normalized spacial score (nSPS) is 11.3. The van der Waals surface area contributed by atoms with E-state index in [-0.39, 0.29) is 36.3 Å². The maximum absolute atomic E-state index is 12.2. The van der Waals surface area contributed by atoms with Gasteiger partial charge in [-0.15, -0.1) is 0 Å². The number of rotatable bonds is 3. The summed E-state index contributed by atoms with van der Waals surface area (Å²) in [5.41, 5.74) is -0.0168. The summed E-state index contributed by atoms with van der Waals surface area (Å²) in [5, 5.41) is 0.388. The first-order valence-corrected chi connectivity index (χ1v) is 9.36. The first kappa shape index (κ1) is 18.4. The smallest absolute Gasteiger partial charge is 0.343 e. The van der Waals surface area contributed by atoms with Crippen molar-refractivity contribution in [2.24, 2.45) is 0 Å². The fraction of sp³-hybridized carbons (Fsp3) is 0.0714. The summed E-state index contributed by atoms with van der Waals surface area (Å²) < 4.78 is 28.4. The molecule has 0 atom stereocenters. The molecule has 0 aliphatic carbocycles. The molecule has 0 heterocycles. The Hall–Kier alpha value is -0.980. The van der Waals surface area contributed by atoms with Crippen LogP contribution < -0.4 is 4.74 Å². The number of carbonyl (C=O) groups excluding carboxylic acids is 1. The van der Waals surface area contributed by atoms with Crippen molar-refractivity contribution in [2.75, 3.05) is 6.26 Å². The van der Waals surface area contributed by atoms with Crippen molar-refractivity contribution in [2.45, 2.75) is 4.90 Å². The predicted octanol–water partition coefficient (Wildman–Crippen LogP) is 4.92. The molecule has 0 unspecified atom stereocenters. The van der Waals surface area contributed by atoms with Crippen LogP contribution in [-0.2, 0) is 9.84 Å². The molecule has 0 radical (unpaired) electrons. The zero-order valence-electron chi connectivity index (χ0n) is 11.4. The highest BCUT2D eigenvalue weighted by molar-refractivity contribution is 7.90. The highest BCUT2D eigenvalue weighted by Crippen LogP contribution is 2.36. The predicted molar refractivity (Wildman–Crippen MR) is 91.0 cm³/mol. The van der Waals surface area contributed by atoms with Gasteiger partial charge >= 0.3 is 5.97 Å². The van der Waals surface area contributed by atoms with Crippen molar-refractivity contribution in [1.82, 2.24) is 0 Å². The molecule has 0 aliphatic rings. The minimum absolute atomic E-state index is 0.00612. The van der Waals surface area contributed by atoms with Crippen LogP contribution in [0.15, 0.2) is 35.2 Å². The van der Waals surface area contributed by atoms with Gasteiger partial charge in [-0.25, -0.2) is 13.2 Å². The van der Waals surface area contributed by atoms with E-state index in [4.69, 9.17) is 51.1 Å². The average molecular weight is 414 g/mol. The molecule has 0 aliphatic heterocycles. The van der Waals surface area contributed by atoms with Crippen molar-refractivity contribution in [3.8, 4) is 5.75 Å². The first-order chi connectivity index (χ1) is 10.6. The van der Waals surface area contributed by atoms with Crippen LogP contribution >= 0.6 is 46.4 Å². The summed E-state index contributed by atoms with van der Waals surface area (Å²) in [4.78, 5) is 12.0. The molecule has 122 valence electrons. The quantitative estimate of drug-likeness (QED) is 0.529. The van der Waals surface area contributed by atoms with E-state index in [2.05, 4.69) is 0 Å². The Kier molecular flexibility index (Phi) is 5.48. The molecular weight excluding hydrogens is 406 g/mol. The van der Waals surface area contributed by atoms with Crippen LogP contribution in [0.2, 0.25) is 20.1 Å². The molecule has 2 rings (SSSR count). The standard InChI is InChI=1S/C14H8Cl4O4S/c1-23(20,21)12-4-7(2-3-9(12)16)14(19)22-13-10(17)5-8(15)6-11(13)18/h2-6H,1H3. The van der Waals surface area contributed by atoms with E-state index in [1.165, 1.54) is 24.3 Å². The van der Waals surface area contributed by atoms with Crippen molar-refractivity contribution < 1.29 is 17.9 Å². The molecule has 9 heteroatoms. The van der Waals surface area contributed by atoms with Crippen LogP contribution in [0.4, 0.5) is 0 Å². The lowest BCUT2D eigenvalue weighted by Gasteiger charge is -2.10. The lowest BCUT2D eigenvalue weighted by Crippen LogP contribution is -2.10. The molecule has 0 saturated carbocycles. The van der Waals surface area contributed by atoms with Gasteiger partial charge in [-0.1, -0.05) is 46.4 Å². The Morgan fingerprint density at radius 1 is 0.957 bits per heavy atom. The second-order valence-corrected chi connectivity index (χ2v) is 8.15. The number of hydrogen-bond acceptors (Lipinski definition) is 4. The number of benzene rings is 2. The van der Waals surface area contributed by atoms with Crippen LogP contribution in [0.25, 0.3) is 0 Å². The third-order valence-corrected chi connectivity index (χ3v) is 5.08. The van der Waals surface area contributed by atoms with Gasteiger partial charge in [0, 0.05) is 11.3 Å². The fourth-order valence-corrected chi connectivity index (χ4v) is 3.89. The largest absolute Gasteiger partial charge is 0.420 e. The molecule has 0 saturated heterocycles. The lowest BCUT2D eigenvalue weighted by molar-refractivity contribution is 0.0734. The highest BCUT2D eigenvalue weighted by Gasteiger charge is 2.19. The van der Waals surface area contributed by atoms with Crippen LogP contribution in [0, 0.1) is 0 Å². The zero-order valence-corrected chi connectivity index (χ0v) is 15.3. The topological polar surface area (TPSA) is 60.4 Å². The molecule has 2 aromatic carbocycles. The maximum atomic E-state index is 12.2. The van der Waals surface area contributed by atoms with Gasteiger partial charge in [-0.2, -0.15) is 0 Å². The molecule has 4 nitrogen and oxygen atoms in total. The highest BCUT2D eigenvalue weighted by atomic mass is 35.5. The van der Waals surface area contributed by atoms with Gasteiger partial charge in [0.2, 0.25) is 0 Å². The van der Waals surface area contributed by atoms with Gasteiger partial charge in [0.1, 0.15) is 0 Å². The summed E-state index contributed by atoms with van der Waals surface area (Å²) in [6.07, 6.45) is 0.982. The van der Waals surface area contributed by atoms with Crippen LogP contribution in [0.3, 0.4) is 0 Å². The Bertz CT molecular complexity index is 871. The van der Waals surface area contributed by atoms with Gasteiger partial charge in [0.05, 0.1) is 25.5 Å². The van der Waals surface area contributed by atoms with E-state index in [0.29, 0.717) is 0 Å². The Balaban J connectivity index is 2.40. The molecule has 0 aromatic heterocycles. The molecule has 0 N–H and O–H groups in total. The monoisotopic (exact) mass is 412 g/mol. The molecule has 0 spiro atoms. The van der Waals surface area contributed by atoms with Crippen molar-refractivity contribution in [3.63, 3.8) is 0 Å². The number of halogens is 4. The fourth-order valence-electron chi connectivity index (χ4n) is 1.69. The van der Waals surface area contributed by atoms with E-state index >= 15 is 0 Å². The zero-order chi connectivity index (χ0) is 17.4. The summed E-state index contributed by atoms with van der Waals surface area (Å²) >= 11 is 23.5. The summed E-state index contributed by atoms with van der Waals surface area (Å²) in [5.74, 6) is -0.906. The third-order valence-electron chi connectivity index (χ3n) is 2.72. The minimum atomic E-state index is -3.59. The van der Waals surface area contributed by atoms with E-state index in [0.717, 1.165) is 12.3 Å². The maximum Gasteiger partial charge on any atom is 0.343 e. The van der Waals surface area contributed by atoms with Crippen LogP contribution in [0.1, 0.15) is 10.4 Å². The van der Waals surface area contributed by atoms with Crippen molar-refractivity contribution in [3.05, 3.63) is 56.0 Å².